The summed E-state index contributed by atoms with van der Waals surface area (Å²) >= 11 is 11.1. The lowest BCUT2D eigenvalue weighted by atomic mass is 10.3. The van der Waals surface area contributed by atoms with Gasteiger partial charge in [0.2, 0.25) is 3.67 Å². The molecule has 0 bridgehead atoms. The lowest BCUT2D eigenvalue weighted by Gasteiger charge is -2.23. The van der Waals surface area contributed by atoms with E-state index in [1.807, 2.05) is 0 Å². The Morgan fingerprint density at radius 1 is 1.50 bits per heavy atom. The quantitative estimate of drug-likeness (QED) is 0.738. The number of alkyl halides is 2. The van der Waals surface area contributed by atoms with Crippen LogP contribution in [0.15, 0.2) is 0 Å². The molecule has 72 valence electrons. The van der Waals surface area contributed by atoms with Gasteiger partial charge in [-0.2, -0.15) is 0 Å². The van der Waals surface area contributed by atoms with Gasteiger partial charge >= 0.3 is 0 Å². The molecule has 1 rings (SSSR count). The van der Waals surface area contributed by atoms with E-state index in [1.165, 1.54) is 0 Å². The van der Waals surface area contributed by atoms with Crippen molar-refractivity contribution >= 4 is 33.0 Å². The normalized spacial score (nSPS) is 22.3. The summed E-state index contributed by atoms with van der Waals surface area (Å²) in [6.07, 6.45) is 1.32. The molecule has 12 heavy (non-hydrogen) atoms. The summed E-state index contributed by atoms with van der Waals surface area (Å²) in [6, 6.07) is 0. The standard InChI is InChI=1S/C6H10Cl2O3S/c1-12(10,11)6(7,8)5(9)4-2-3-4/h4-5,9H,2-3H2,1H3/t5-/m0/s1. The van der Waals surface area contributed by atoms with Crippen molar-refractivity contribution in [2.75, 3.05) is 6.26 Å². The summed E-state index contributed by atoms with van der Waals surface area (Å²) in [5.41, 5.74) is 0. The van der Waals surface area contributed by atoms with Gasteiger partial charge in [0.15, 0.2) is 9.84 Å². The van der Waals surface area contributed by atoms with Crippen molar-refractivity contribution in [2.45, 2.75) is 22.6 Å². The summed E-state index contributed by atoms with van der Waals surface area (Å²) in [5.74, 6) is -0.0604. The molecule has 0 unspecified atom stereocenters. The minimum absolute atomic E-state index is 0.0604. The molecule has 1 aliphatic carbocycles. The molecule has 1 saturated carbocycles. The van der Waals surface area contributed by atoms with Gasteiger partial charge in [0.05, 0.1) is 0 Å². The fraction of sp³-hybridized carbons (Fsp3) is 1.00. The summed E-state index contributed by atoms with van der Waals surface area (Å²) in [7, 11) is -3.63. The number of aliphatic hydroxyl groups excluding tert-OH is 1. The lowest BCUT2D eigenvalue weighted by Crippen LogP contribution is -2.39. The van der Waals surface area contributed by atoms with Gasteiger partial charge in [0.25, 0.3) is 0 Å². The topological polar surface area (TPSA) is 54.4 Å². The molecular formula is C6H10Cl2O3S. The van der Waals surface area contributed by atoms with Crippen LogP contribution in [0.3, 0.4) is 0 Å². The molecular weight excluding hydrogens is 223 g/mol. The molecule has 0 spiro atoms. The Balaban J connectivity index is 2.83. The summed E-state index contributed by atoms with van der Waals surface area (Å²) in [4.78, 5) is 0. The van der Waals surface area contributed by atoms with E-state index < -0.39 is 19.6 Å². The average molecular weight is 233 g/mol. The highest BCUT2D eigenvalue weighted by Gasteiger charge is 2.50. The number of rotatable bonds is 3. The SMILES string of the molecule is CS(=O)(=O)C(Cl)(Cl)[C@@H](O)C1CC1. The maximum atomic E-state index is 11.0. The summed E-state index contributed by atoms with van der Waals surface area (Å²) in [6.45, 7) is 0. The smallest absolute Gasteiger partial charge is 0.243 e. The monoisotopic (exact) mass is 232 g/mol. The van der Waals surface area contributed by atoms with Gasteiger partial charge in [-0.05, 0) is 18.8 Å². The van der Waals surface area contributed by atoms with Crippen LogP contribution in [0.2, 0.25) is 0 Å². The Bertz CT molecular complexity index is 269. The Kier molecular flexibility index (Phi) is 2.65. The number of halogens is 2. The zero-order valence-electron chi connectivity index (χ0n) is 6.50. The molecule has 3 nitrogen and oxygen atoms in total. The van der Waals surface area contributed by atoms with Crippen LogP contribution >= 0.6 is 23.2 Å². The van der Waals surface area contributed by atoms with Crippen molar-refractivity contribution in [3.63, 3.8) is 0 Å². The highest BCUT2D eigenvalue weighted by atomic mass is 35.5. The van der Waals surface area contributed by atoms with Crippen molar-refractivity contribution in [1.82, 2.24) is 0 Å². The van der Waals surface area contributed by atoms with Crippen LogP contribution < -0.4 is 0 Å². The minimum atomic E-state index is -3.63. The van der Waals surface area contributed by atoms with Crippen LogP contribution in [-0.2, 0) is 9.84 Å². The molecule has 1 atom stereocenters. The largest absolute Gasteiger partial charge is 0.389 e. The summed E-state index contributed by atoms with van der Waals surface area (Å²) in [5, 5.41) is 9.41. The van der Waals surface area contributed by atoms with Crippen molar-refractivity contribution < 1.29 is 13.5 Å². The minimum Gasteiger partial charge on any atom is -0.389 e. The van der Waals surface area contributed by atoms with E-state index in [-0.39, 0.29) is 5.92 Å². The highest BCUT2D eigenvalue weighted by molar-refractivity contribution is 7.95. The predicted octanol–water partition coefficient (Wildman–Crippen LogP) is 0.933. The van der Waals surface area contributed by atoms with Crippen molar-refractivity contribution in [3.8, 4) is 0 Å². The van der Waals surface area contributed by atoms with Gasteiger partial charge in [-0.3, -0.25) is 0 Å². The Morgan fingerprint density at radius 2 is 1.92 bits per heavy atom. The van der Waals surface area contributed by atoms with Crippen LogP contribution in [-0.4, -0.2) is 29.5 Å². The van der Waals surface area contributed by atoms with Gasteiger partial charge in [-0.25, -0.2) is 8.42 Å². The van der Waals surface area contributed by atoms with Crippen LogP contribution in [0.5, 0.6) is 0 Å². The molecule has 0 radical (unpaired) electrons. The highest BCUT2D eigenvalue weighted by Crippen LogP contribution is 2.44. The van der Waals surface area contributed by atoms with Gasteiger partial charge < -0.3 is 5.11 Å². The van der Waals surface area contributed by atoms with Gasteiger partial charge in [-0.1, -0.05) is 23.2 Å². The van der Waals surface area contributed by atoms with E-state index in [2.05, 4.69) is 0 Å². The van der Waals surface area contributed by atoms with Crippen LogP contribution in [0.4, 0.5) is 0 Å². The molecule has 1 aliphatic rings. The second-order valence-electron chi connectivity index (χ2n) is 3.12. The molecule has 0 aliphatic heterocycles. The first kappa shape index (κ1) is 10.6. The van der Waals surface area contributed by atoms with E-state index in [9.17, 15) is 13.5 Å². The Labute approximate surface area is 81.6 Å². The number of sulfone groups is 1. The van der Waals surface area contributed by atoms with Gasteiger partial charge in [0, 0.05) is 6.26 Å². The average Bonchev–Trinajstić information content (AvgIpc) is 2.64. The zero-order chi connectivity index (χ0) is 9.57. The van der Waals surface area contributed by atoms with Gasteiger partial charge in [-0.15, -0.1) is 0 Å². The Morgan fingerprint density at radius 3 is 2.17 bits per heavy atom. The fourth-order valence-electron chi connectivity index (χ4n) is 0.906. The fourth-order valence-corrected chi connectivity index (χ4v) is 1.89. The molecule has 0 aromatic carbocycles. The first-order chi connectivity index (χ1) is 5.27. The second-order valence-corrected chi connectivity index (χ2v) is 7.14. The van der Waals surface area contributed by atoms with E-state index in [0.29, 0.717) is 0 Å². The third-order valence-electron chi connectivity index (χ3n) is 1.91. The third kappa shape index (κ3) is 1.87. The van der Waals surface area contributed by atoms with E-state index >= 15 is 0 Å². The first-order valence-corrected chi connectivity index (χ1v) is 6.17. The molecule has 0 amide bonds. The molecule has 1 fully saturated rings. The molecule has 1 N–H and O–H groups in total. The van der Waals surface area contributed by atoms with Crippen molar-refractivity contribution in [3.05, 3.63) is 0 Å². The molecule has 0 aromatic rings. The van der Waals surface area contributed by atoms with E-state index in [0.717, 1.165) is 19.1 Å². The number of hydrogen-bond donors (Lipinski definition) is 1. The summed E-state index contributed by atoms with van der Waals surface area (Å²) < 4.78 is 20.0. The zero-order valence-corrected chi connectivity index (χ0v) is 8.83. The first-order valence-electron chi connectivity index (χ1n) is 3.52. The number of hydrogen-bond acceptors (Lipinski definition) is 3. The van der Waals surface area contributed by atoms with Crippen LogP contribution in [0, 0.1) is 5.92 Å². The predicted molar refractivity (Wildman–Crippen MR) is 48.0 cm³/mol. The van der Waals surface area contributed by atoms with Crippen molar-refractivity contribution in [1.29, 1.82) is 0 Å². The van der Waals surface area contributed by atoms with Gasteiger partial charge in [0.1, 0.15) is 6.10 Å². The van der Waals surface area contributed by atoms with E-state index in [1.54, 1.807) is 0 Å². The molecule has 0 aromatic heterocycles. The molecule has 0 saturated heterocycles. The maximum absolute atomic E-state index is 11.0. The lowest BCUT2D eigenvalue weighted by molar-refractivity contribution is 0.154. The second kappa shape index (κ2) is 3.01. The molecule has 0 heterocycles. The number of aliphatic hydroxyl groups is 1. The Hall–Kier alpha value is 0.490. The maximum Gasteiger partial charge on any atom is 0.243 e. The van der Waals surface area contributed by atoms with Crippen LogP contribution in [0.1, 0.15) is 12.8 Å². The molecule has 6 heteroatoms. The third-order valence-corrected chi connectivity index (χ3v) is 5.27. The van der Waals surface area contributed by atoms with Crippen LogP contribution in [0.25, 0.3) is 0 Å². The van der Waals surface area contributed by atoms with Crippen molar-refractivity contribution in [2.24, 2.45) is 5.92 Å². The van der Waals surface area contributed by atoms with E-state index in [4.69, 9.17) is 23.2 Å².